The third-order valence-corrected chi connectivity index (χ3v) is 5.12. The van der Waals surface area contributed by atoms with E-state index in [1.54, 1.807) is 48.5 Å². The molecule has 0 radical (unpaired) electrons. The van der Waals surface area contributed by atoms with Crippen LogP contribution in [0.1, 0.15) is 16.7 Å². The van der Waals surface area contributed by atoms with Crippen LogP contribution < -0.4 is 15.0 Å². The highest BCUT2D eigenvalue weighted by atomic mass is 16.5. The van der Waals surface area contributed by atoms with Crippen LogP contribution >= 0.6 is 0 Å². The zero-order valence-corrected chi connectivity index (χ0v) is 17.0. The number of ether oxygens (including phenoxy) is 1. The van der Waals surface area contributed by atoms with Gasteiger partial charge in [0.2, 0.25) is 0 Å². The van der Waals surface area contributed by atoms with E-state index in [4.69, 9.17) is 10.00 Å². The molecule has 1 N–H and O–H groups in total. The van der Waals surface area contributed by atoms with E-state index in [1.165, 1.54) is 7.11 Å². The Morgan fingerprint density at radius 2 is 1.58 bits per heavy atom. The maximum Gasteiger partial charge on any atom is 0.282 e. The number of methoxy groups -OCH3 is 1. The van der Waals surface area contributed by atoms with Crippen LogP contribution in [0, 0.1) is 18.3 Å². The molecule has 0 bridgehead atoms. The zero-order valence-electron chi connectivity index (χ0n) is 17.0. The molecule has 0 saturated carbocycles. The number of anilines is 2. The van der Waals surface area contributed by atoms with Gasteiger partial charge in [-0.05, 0) is 48.9 Å². The van der Waals surface area contributed by atoms with E-state index in [1.807, 2.05) is 37.3 Å². The molecule has 0 aliphatic carbocycles. The Balaban J connectivity index is 1.86. The molecular weight excluding hydrogens is 390 g/mol. The lowest BCUT2D eigenvalue weighted by molar-refractivity contribution is -0.120. The van der Waals surface area contributed by atoms with Crippen LogP contribution in [0.25, 0.3) is 5.57 Å². The quantitative estimate of drug-likeness (QED) is 0.637. The van der Waals surface area contributed by atoms with E-state index in [9.17, 15) is 9.59 Å². The summed E-state index contributed by atoms with van der Waals surface area (Å²) >= 11 is 0. The van der Waals surface area contributed by atoms with Crippen LogP contribution in [0.2, 0.25) is 0 Å². The summed E-state index contributed by atoms with van der Waals surface area (Å²) in [5.74, 6) is -0.446. The molecule has 0 unspecified atom stereocenters. The van der Waals surface area contributed by atoms with Gasteiger partial charge in [0.05, 0.1) is 30.0 Å². The SMILES string of the molecule is COc1ccccc1C1=C(Nc2ccccc2C)C(=O)N(c2ccc(C#N)cc2)C1=O. The Labute approximate surface area is 180 Å². The normalized spacial score (nSPS) is 13.4. The van der Waals surface area contributed by atoms with Crippen molar-refractivity contribution in [2.45, 2.75) is 6.92 Å². The Kier molecular flexibility index (Phi) is 5.25. The number of amides is 2. The lowest BCUT2D eigenvalue weighted by atomic mass is 10.0. The van der Waals surface area contributed by atoms with Crippen LogP contribution in [-0.4, -0.2) is 18.9 Å². The van der Waals surface area contributed by atoms with Gasteiger partial charge < -0.3 is 10.1 Å². The van der Waals surface area contributed by atoms with Crippen molar-refractivity contribution >= 4 is 28.8 Å². The van der Waals surface area contributed by atoms with Gasteiger partial charge in [-0.1, -0.05) is 36.4 Å². The number of hydrogen-bond donors (Lipinski definition) is 1. The molecule has 0 atom stereocenters. The average molecular weight is 409 g/mol. The highest BCUT2D eigenvalue weighted by Gasteiger charge is 2.41. The number of rotatable bonds is 5. The molecule has 3 aromatic rings. The first-order chi connectivity index (χ1) is 15.0. The number of carbonyl (C=O) groups is 2. The maximum absolute atomic E-state index is 13.5. The molecule has 3 aromatic carbocycles. The highest BCUT2D eigenvalue weighted by molar-refractivity contribution is 6.46. The molecule has 4 rings (SSSR count). The maximum atomic E-state index is 13.5. The molecule has 1 aliphatic heterocycles. The Bertz CT molecular complexity index is 1250. The molecule has 1 aliphatic rings. The standard InChI is InChI=1S/C25H19N3O3/c1-16-7-3-5-9-20(16)27-23-22(19-8-4-6-10-21(19)31-2)24(29)28(25(23)30)18-13-11-17(15-26)12-14-18/h3-14,27H,1-2H3. The fraction of sp³-hybridized carbons (Fsp3) is 0.0800. The predicted octanol–water partition coefficient (Wildman–Crippen LogP) is 4.27. The van der Waals surface area contributed by atoms with Gasteiger partial charge in [0.1, 0.15) is 11.4 Å². The minimum atomic E-state index is -0.473. The summed E-state index contributed by atoms with van der Waals surface area (Å²) in [6.07, 6.45) is 0. The summed E-state index contributed by atoms with van der Waals surface area (Å²) in [6, 6.07) is 23.0. The Morgan fingerprint density at radius 3 is 2.26 bits per heavy atom. The predicted molar refractivity (Wildman–Crippen MR) is 118 cm³/mol. The van der Waals surface area contributed by atoms with Gasteiger partial charge >= 0.3 is 0 Å². The van der Waals surface area contributed by atoms with Crippen molar-refractivity contribution in [2.24, 2.45) is 0 Å². The molecule has 31 heavy (non-hydrogen) atoms. The molecule has 6 nitrogen and oxygen atoms in total. The second kappa shape index (κ2) is 8.17. The molecule has 2 amide bonds. The number of nitriles is 1. The van der Waals surface area contributed by atoms with Crippen LogP contribution in [0.15, 0.2) is 78.5 Å². The smallest absolute Gasteiger partial charge is 0.282 e. The van der Waals surface area contributed by atoms with Crippen molar-refractivity contribution in [1.29, 1.82) is 5.26 Å². The van der Waals surface area contributed by atoms with Gasteiger partial charge in [0.25, 0.3) is 11.8 Å². The molecular formula is C25H19N3O3. The van der Waals surface area contributed by atoms with Gasteiger partial charge in [0, 0.05) is 11.3 Å². The van der Waals surface area contributed by atoms with E-state index < -0.39 is 11.8 Å². The molecule has 152 valence electrons. The number of hydrogen-bond acceptors (Lipinski definition) is 5. The second-order valence-corrected chi connectivity index (χ2v) is 6.99. The number of para-hydroxylation sites is 2. The van der Waals surface area contributed by atoms with Gasteiger partial charge in [-0.15, -0.1) is 0 Å². The van der Waals surface area contributed by atoms with Gasteiger partial charge in [-0.2, -0.15) is 5.26 Å². The van der Waals surface area contributed by atoms with Crippen LogP contribution in [0.5, 0.6) is 5.75 Å². The Hall–Kier alpha value is -4.37. The average Bonchev–Trinajstić information content (AvgIpc) is 3.04. The number of aryl methyl sites for hydroxylation is 1. The summed E-state index contributed by atoms with van der Waals surface area (Å²) in [7, 11) is 1.52. The molecule has 0 fully saturated rings. The van der Waals surface area contributed by atoms with E-state index in [0.717, 1.165) is 16.2 Å². The van der Waals surface area contributed by atoms with Crippen molar-refractivity contribution < 1.29 is 14.3 Å². The first-order valence-corrected chi connectivity index (χ1v) is 9.64. The van der Waals surface area contributed by atoms with E-state index in [2.05, 4.69) is 5.32 Å². The second-order valence-electron chi connectivity index (χ2n) is 6.99. The molecule has 0 saturated heterocycles. The van der Waals surface area contributed by atoms with Gasteiger partial charge in [0.15, 0.2) is 0 Å². The van der Waals surface area contributed by atoms with E-state index >= 15 is 0 Å². The highest BCUT2D eigenvalue weighted by Crippen LogP contribution is 2.37. The number of benzene rings is 3. The third kappa shape index (κ3) is 3.53. The summed E-state index contributed by atoms with van der Waals surface area (Å²) in [6.45, 7) is 1.92. The zero-order chi connectivity index (χ0) is 22.0. The Morgan fingerprint density at radius 1 is 0.903 bits per heavy atom. The number of imide groups is 1. The summed E-state index contributed by atoms with van der Waals surface area (Å²) in [5.41, 5.74) is 3.43. The van der Waals surface area contributed by atoms with E-state index in [-0.39, 0.29) is 11.3 Å². The van der Waals surface area contributed by atoms with Crippen molar-refractivity contribution in [3.63, 3.8) is 0 Å². The molecule has 0 spiro atoms. The topological polar surface area (TPSA) is 82.4 Å². The molecule has 1 heterocycles. The van der Waals surface area contributed by atoms with E-state index in [0.29, 0.717) is 22.6 Å². The van der Waals surface area contributed by atoms with Crippen molar-refractivity contribution in [1.82, 2.24) is 0 Å². The third-order valence-electron chi connectivity index (χ3n) is 5.12. The first-order valence-electron chi connectivity index (χ1n) is 9.64. The molecule has 6 heteroatoms. The minimum absolute atomic E-state index is 0.174. The van der Waals surface area contributed by atoms with Gasteiger partial charge in [-0.25, -0.2) is 4.90 Å². The van der Waals surface area contributed by atoms with Crippen molar-refractivity contribution in [3.8, 4) is 11.8 Å². The first kappa shape index (κ1) is 19.9. The summed E-state index contributed by atoms with van der Waals surface area (Å²) in [5, 5.41) is 12.2. The number of nitrogens with zero attached hydrogens (tertiary/aromatic N) is 2. The largest absolute Gasteiger partial charge is 0.496 e. The summed E-state index contributed by atoms with van der Waals surface area (Å²) in [4.78, 5) is 28.1. The number of carbonyl (C=O) groups excluding carboxylic acids is 2. The van der Waals surface area contributed by atoms with Gasteiger partial charge in [-0.3, -0.25) is 9.59 Å². The lowest BCUT2D eigenvalue weighted by Crippen LogP contribution is -2.32. The fourth-order valence-corrected chi connectivity index (χ4v) is 3.51. The lowest BCUT2D eigenvalue weighted by Gasteiger charge is -2.16. The van der Waals surface area contributed by atoms with Crippen LogP contribution in [0.4, 0.5) is 11.4 Å². The number of nitrogens with one attached hydrogen (secondary N) is 1. The summed E-state index contributed by atoms with van der Waals surface area (Å²) < 4.78 is 5.45. The monoisotopic (exact) mass is 409 g/mol. The fourth-order valence-electron chi connectivity index (χ4n) is 3.51. The van der Waals surface area contributed by atoms with Crippen LogP contribution in [0.3, 0.4) is 0 Å². The van der Waals surface area contributed by atoms with Crippen molar-refractivity contribution in [3.05, 3.63) is 95.2 Å². The minimum Gasteiger partial charge on any atom is -0.496 e. The van der Waals surface area contributed by atoms with Crippen molar-refractivity contribution in [2.75, 3.05) is 17.3 Å². The molecule has 0 aromatic heterocycles. The van der Waals surface area contributed by atoms with Crippen LogP contribution in [-0.2, 0) is 9.59 Å².